The maximum atomic E-state index is 11.5. The van der Waals surface area contributed by atoms with Gasteiger partial charge in [-0.05, 0) is 31.9 Å². The van der Waals surface area contributed by atoms with Crippen molar-refractivity contribution in [1.29, 1.82) is 0 Å². The minimum Gasteiger partial charge on any atom is -0.496 e. The minimum absolute atomic E-state index is 0.0314. The normalized spacial score (nSPS) is 10.1. The molecule has 94 valence electrons. The fraction of sp³-hybridized carbons (Fsp3) is 0.462. The molecule has 0 heterocycles. The average molecular weight is 237 g/mol. The van der Waals surface area contributed by atoms with Crippen molar-refractivity contribution in [2.75, 3.05) is 19.0 Å². The van der Waals surface area contributed by atoms with E-state index in [-0.39, 0.29) is 12.5 Å². The van der Waals surface area contributed by atoms with Crippen molar-refractivity contribution in [1.82, 2.24) is 0 Å². The van der Waals surface area contributed by atoms with Gasteiger partial charge in [0, 0.05) is 24.3 Å². The summed E-state index contributed by atoms with van der Waals surface area (Å²) >= 11 is 0. The summed E-state index contributed by atoms with van der Waals surface area (Å²) in [6, 6.07) is 3.78. The van der Waals surface area contributed by atoms with Gasteiger partial charge in [-0.2, -0.15) is 0 Å². The van der Waals surface area contributed by atoms with Crippen LogP contribution in [-0.2, 0) is 4.79 Å². The second-order valence-electron chi connectivity index (χ2n) is 3.96. The highest BCUT2D eigenvalue weighted by molar-refractivity contribution is 5.91. The lowest BCUT2D eigenvalue weighted by atomic mass is 10.1. The van der Waals surface area contributed by atoms with Crippen LogP contribution in [0.25, 0.3) is 0 Å². The number of amides is 1. The van der Waals surface area contributed by atoms with Gasteiger partial charge < -0.3 is 15.2 Å². The van der Waals surface area contributed by atoms with E-state index < -0.39 is 0 Å². The molecule has 1 aromatic rings. The molecule has 0 atom stereocenters. The molecule has 0 radical (unpaired) electrons. The lowest BCUT2D eigenvalue weighted by Crippen LogP contribution is -2.13. The van der Waals surface area contributed by atoms with Crippen LogP contribution in [0.2, 0.25) is 0 Å². The van der Waals surface area contributed by atoms with E-state index in [0.29, 0.717) is 12.8 Å². The van der Waals surface area contributed by atoms with E-state index >= 15 is 0 Å². The Bertz CT molecular complexity index is 402. The zero-order valence-corrected chi connectivity index (χ0v) is 10.5. The lowest BCUT2D eigenvalue weighted by molar-refractivity contribution is -0.116. The molecule has 1 rings (SSSR count). The van der Waals surface area contributed by atoms with Crippen molar-refractivity contribution in [3.63, 3.8) is 0 Å². The number of anilines is 1. The van der Waals surface area contributed by atoms with Crippen molar-refractivity contribution >= 4 is 11.6 Å². The third-order valence-electron chi connectivity index (χ3n) is 2.64. The maximum Gasteiger partial charge on any atom is 0.224 e. The molecule has 0 saturated carbocycles. The number of methoxy groups -OCH3 is 1. The molecular weight excluding hydrogens is 218 g/mol. The third kappa shape index (κ3) is 3.46. The molecule has 0 fully saturated rings. The molecular formula is C13H19NO3. The van der Waals surface area contributed by atoms with Gasteiger partial charge in [0.05, 0.1) is 7.11 Å². The van der Waals surface area contributed by atoms with Gasteiger partial charge in [0.15, 0.2) is 0 Å². The highest BCUT2D eigenvalue weighted by atomic mass is 16.5. The largest absolute Gasteiger partial charge is 0.496 e. The number of rotatable bonds is 5. The Kier molecular flexibility index (Phi) is 4.97. The molecule has 1 amide bonds. The molecule has 0 aliphatic rings. The molecule has 17 heavy (non-hydrogen) atoms. The van der Waals surface area contributed by atoms with E-state index in [9.17, 15) is 4.79 Å². The van der Waals surface area contributed by atoms with Gasteiger partial charge in [-0.25, -0.2) is 0 Å². The summed E-state index contributed by atoms with van der Waals surface area (Å²) in [5.74, 6) is 0.706. The number of carbonyl (C=O) groups excluding carboxylic acids is 1. The number of aliphatic hydroxyl groups excluding tert-OH is 1. The van der Waals surface area contributed by atoms with E-state index in [4.69, 9.17) is 9.84 Å². The number of benzene rings is 1. The van der Waals surface area contributed by atoms with Crippen LogP contribution < -0.4 is 10.1 Å². The SMILES string of the molecule is COc1c(C)ccc(NC(=O)CCCO)c1C. The highest BCUT2D eigenvalue weighted by Crippen LogP contribution is 2.29. The number of hydrogen-bond donors (Lipinski definition) is 2. The predicted molar refractivity (Wildman–Crippen MR) is 67.4 cm³/mol. The van der Waals surface area contributed by atoms with Crippen LogP contribution in [-0.4, -0.2) is 24.7 Å². The Morgan fingerprint density at radius 1 is 1.41 bits per heavy atom. The molecule has 2 N–H and O–H groups in total. The van der Waals surface area contributed by atoms with Crippen LogP contribution in [0.5, 0.6) is 5.75 Å². The lowest BCUT2D eigenvalue weighted by Gasteiger charge is -2.13. The number of aryl methyl sites for hydroxylation is 1. The number of nitrogens with one attached hydrogen (secondary N) is 1. The van der Waals surface area contributed by atoms with E-state index in [0.717, 1.165) is 22.6 Å². The predicted octanol–water partition coefficient (Wildman–Crippen LogP) is 2.02. The van der Waals surface area contributed by atoms with Gasteiger partial charge >= 0.3 is 0 Å². The first kappa shape index (κ1) is 13.5. The summed E-state index contributed by atoms with van der Waals surface area (Å²) in [5, 5.41) is 11.5. The van der Waals surface area contributed by atoms with Crippen LogP contribution in [0.3, 0.4) is 0 Å². The summed E-state index contributed by atoms with van der Waals surface area (Å²) in [7, 11) is 1.62. The van der Waals surface area contributed by atoms with Crippen LogP contribution in [0.15, 0.2) is 12.1 Å². The number of hydrogen-bond acceptors (Lipinski definition) is 3. The van der Waals surface area contributed by atoms with Crippen molar-refractivity contribution < 1.29 is 14.6 Å². The molecule has 4 nitrogen and oxygen atoms in total. The Morgan fingerprint density at radius 2 is 2.12 bits per heavy atom. The Labute approximate surface area is 102 Å². The first-order valence-electron chi connectivity index (χ1n) is 5.65. The topological polar surface area (TPSA) is 58.6 Å². The van der Waals surface area contributed by atoms with E-state index in [2.05, 4.69) is 5.32 Å². The Balaban J connectivity index is 2.81. The van der Waals surface area contributed by atoms with Crippen LogP contribution in [0, 0.1) is 13.8 Å². The Morgan fingerprint density at radius 3 is 2.71 bits per heavy atom. The first-order valence-corrected chi connectivity index (χ1v) is 5.65. The van der Waals surface area contributed by atoms with Gasteiger partial charge in [-0.15, -0.1) is 0 Å². The van der Waals surface area contributed by atoms with Gasteiger partial charge in [0.25, 0.3) is 0 Å². The molecule has 0 unspecified atom stereocenters. The van der Waals surface area contributed by atoms with Crippen LogP contribution in [0.1, 0.15) is 24.0 Å². The monoisotopic (exact) mass is 237 g/mol. The summed E-state index contributed by atoms with van der Waals surface area (Å²) in [6.45, 7) is 3.90. The first-order chi connectivity index (χ1) is 8.10. The summed E-state index contributed by atoms with van der Waals surface area (Å²) < 4.78 is 5.29. The van der Waals surface area contributed by atoms with E-state index in [1.54, 1.807) is 7.11 Å². The smallest absolute Gasteiger partial charge is 0.224 e. The molecule has 0 aliphatic carbocycles. The van der Waals surface area contributed by atoms with Crippen LogP contribution in [0.4, 0.5) is 5.69 Å². The average Bonchev–Trinajstić information content (AvgIpc) is 2.31. The molecule has 0 spiro atoms. The minimum atomic E-state index is -0.0898. The molecule has 1 aromatic carbocycles. The molecule has 0 bridgehead atoms. The third-order valence-corrected chi connectivity index (χ3v) is 2.64. The van der Waals surface area contributed by atoms with Gasteiger partial charge in [-0.3, -0.25) is 4.79 Å². The highest BCUT2D eigenvalue weighted by Gasteiger charge is 2.10. The van der Waals surface area contributed by atoms with E-state index in [1.807, 2.05) is 26.0 Å². The summed E-state index contributed by atoms with van der Waals surface area (Å²) in [5.41, 5.74) is 2.72. The molecule has 0 aromatic heterocycles. The second-order valence-corrected chi connectivity index (χ2v) is 3.96. The zero-order chi connectivity index (χ0) is 12.8. The van der Waals surface area contributed by atoms with Crippen molar-refractivity contribution in [3.8, 4) is 5.75 Å². The zero-order valence-electron chi connectivity index (χ0n) is 10.5. The number of ether oxygens (including phenoxy) is 1. The number of aliphatic hydroxyl groups is 1. The number of carbonyl (C=O) groups is 1. The van der Waals surface area contributed by atoms with Crippen molar-refractivity contribution in [2.24, 2.45) is 0 Å². The standard InChI is InChI=1S/C13H19NO3/c1-9-6-7-11(10(2)13(9)17-3)14-12(16)5-4-8-15/h6-7,15H,4-5,8H2,1-3H3,(H,14,16). The van der Waals surface area contributed by atoms with Gasteiger partial charge in [0.1, 0.15) is 5.75 Å². The van der Waals surface area contributed by atoms with Gasteiger partial charge in [0.2, 0.25) is 5.91 Å². The Hall–Kier alpha value is -1.55. The molecule has 0 saturated heterocycles. The molecule has 0 aliphatic heterocycles. The van der Waals surface area contributed by atoms with Crippen molar-refractivity contribution in [2.45, 2.75) is 26.7 Å². The van der Waals surface area contributed by atoms with Gasteiger partial charge in [-0.1, -0.05) is 6.07 Å². The second kappa shape index (κ2) is 6.25. The van der Waals surface area contributed by atoms with E-state index in [1.165, 1.54) is 0 Å². The molecule has 4 heteroatoms. The summed E-state index contributed by atoms with van der Waals surface area (Å²) in [4.78, 5) is 11.5. The quantitative estimate of drug-likeness (QED) is 0.823. The summed E-state index contributed by atoms with van der Waals surface area (Å²) in [6.07, 6.45) is 0.806. The fourth-order valence-electron chi connectivity index (χ4n) is 1.73. The maximum absolute atomic E-state index is 11.5. The fourth-order valence-corrected chi connectivity index (χ4v) is 1.73. The van der Waals surface area contributed by atoms with Crippen molar-refractivity contribution in [3.05, 3.63) is 23.3 Å². The van der Waals surface area contributed by atoms with Crippen LogP contribution >= 0.6 is 0 Å².